The molecule has 1 saturated heterocycles. The fraction of sp³-hybridized carbons (Fsp3) is 0.556. The number of nitrogens with zero attached hydrogens (tertiary/aromatic N) is 1. The molecule has 5 atom stereocenters. The van der Waals surface area contributed by atoms with Crippen molar-refractivity contribution in [2.45, 2.75) is 36.4 Å². The highest BCUT2D eigenvalue weighted by Gasteiger charge is 2.64. The number of likely N-dealkylation sites (tertiary alicyclic amines) is 1. The topological polar surface area (TPSA) is 41.9 Å². The standard InChI is InChI=1S/C18H21NO3/c1-19-8-7-18-11-4-5-13(20)17(18)22-16-14(21-2)6-3-10(15(16)18)9-12(11)19/h3-6,11-13,17,20H,7-9H2,1-2H3/t11-,12+,13?,17?,18-/m0/s1/i3D,6D,9D2,12D,13D,17D. The predicted molar refractivity (Wildman–Crippen MR) is 82.5 cm³/mol. The van der Waals surface area contributed by atoms with Gasteiger partial charge in [-0.2, -0.15) is 0 Å². The minimum absolute atomic E-state index is 0.0756. The van der Waals surface area contributed by atoms with Gasteiger partial charge in [-0.3, -0.25) is 0 Å². The van der Waals surface area contributed by atoms with E-state index in [1.165, 1.54) is 13.2 Å². The van der Waals surface area contributed by atoms with Crippen LogP contribution >= 0.6 is 0 Å². The number of hydrogen-bond donors (Lipinski definition) is 1. The van der Waals surface area contributed by atoms with Gasteiger partial charge in [0.15, 0.2) is 11.5 Å². The maximum Gasteiger partial charge on any atom is 0.165 e. The van der Waals surface area contributed by atoms with Gasteiger partial charge in [-0.15, -0.1) is 0 Å². The molecule has 4 nitrogen and oxygen atoms in total. The number of benzene rings is 1. The second-order valence-electron chi connectivity index (χ2n) is 6.17. The zero-order valence-corrected chi connectivity index (χ0v) is 12.4. The molecule has 0 saturated carbocycles. The van der Waals surface area contributed by atoms with Crippen LogP contribution in [0.5, 0.6) is 11.5 Å². The summed E-state index contributed by atoms with van der Waals surface area (Å²) in [6.07, 6.45) is -4.37. The van der Waals surface area contributed by atoms with Gasteiger partial charge in [0, 0.05) is 27.0 Å². The fourth-order valence-electron chi connectivity index (χ4n) is 4.26. The Balaban J connectivity index is 2.04. The molecule has 0 amide bonds. The van der Waals surface area contributed by atoms with Gasteiger partial charge in [-0.25, -0.2) is 0 Å². The van der Waals surface area contributed by atoms with Gasteiger partial charge in [0.1, 0.15) is 12.2 Å². The first-order chi connectivity index (χ1) is 13.3. The summed E-state index contributed by atoms with van der Waals surface area (Å²) in [7, 11) is 2.91. The molecular formula is C18H21NO3. The van der Waals surface area contributed by atoms with Gasteiger partial charge in [0.2, 0.25) is 0 Å². The summed E-state index contributed by atoms with van der Waals surface area (Å²) in [6.45, 7) is 0.241. The second kappa shape index (κ2) is 4.06. The summed E-state index contributed by atoms with van der Waals surface area (Å²) >= 11 is 0. The van der Waals surface area contributed by atoms with Crippen LogP contribution in [0.3, 0.4) is 0 Å². The quantitative estimate of drug-likeness (QED) is 0.799. The lowest BCUT2D eigenvalue weighted by molar-refractivity contribution is -0.0453. The van der Waals surface area contributed by atoms with Crippen LogP contribution in [0.1, 0.15) is 27.1 Å². The molecule has 116 valence electrons. The maximum atomic E-state index is 10.9. The molecular weight excluding hydrogens is 278 g/mol. The zero-order chi connectivity index (χ0) is 21.4. The number of ether oxygens (including phenoxy) is 2. The molecule has 4 heteroatoms. The van der Waals surface area contributed by atoms with Crippen molar-refractivity contribution in [1.29, 1.82) is 0 Å². The summed E-state index contributed by atoms with van der Waals surface area (Å²) < 4.78 is 72.7. The highest BCUT2D eigenvalue weighted by molar-refractivity contribution is 5.62. The molecule has 2 aliphatic heterocycles. The van der Waals surface area contributed by atoms with E-state index in [2.05, 4.69) is 0 Å². The van der Waals surface area contributed by atoms with E-state index in [9.17, 15) is 6.48 Å². The van der Waals surface area contributed by atoms with Crippen molar-refractivity contribution in [3.8, 4) is 11.5 Å². The van der Waals surface area contributed by atoms with Crippen LogP contribution in [-0.4, -0.2) is 48.9 Å². The van der Waals surface area contributed by atoms with E-state index in [0.717, 1.165) is 6.08 Å². The Hall–Kier alpha value is -1.52. The SMILES string of the molecule is [2H]c1c([2H])c2c3c(c1OC)OC1([2H])C([2H])(O)C=C[C@@H]4[C@@]31CCN(C)[C@]4([2H])C2([2H])[2H]. The molecule has 1 aromatic rings. The average molecular weight is 306 g/mol. The molecule has 4 aliphatic rings. The number of rotatable bonds is 1. The van der Waals surface area contributed by atoms with Crippen LogP contribution in [-0.2, 0) is 11.8 Å². The molecule has 1 N–H and O–H groups in total. The van der Waals surface area contributed by atoms with Gasteiger partial charge in [-0.1, -0.05) is 18.2 Å². The van der Waals surface area contributed by atoms with Gasteiger partial charge < -0.3 is 19.5 Å². The summed E-state index contributed by atoms with van der Waals surface area (Å²) in [5.74, 6) is -1.11. The van der Waals surface area contributed by atoms with Crippen LogP contribution in [0.25, 0.3) is 0 Å². The lowest BCUT2D eigenvalue weighted by Crippen LogP contribution is -2.64. The van der Waals surface area contributed by atoms with Crippen LogP contribution < -0.4 is 9.47 Å². The largest absolute Gasteiger partial charge is 0.493 e. The van der Waals surface area contributed by atoms with Crippen molar-refractivity contribution in [2.24, 2.45) is 5.92 Å². The van der Waals surface area contributed by atoms with Crippen molar-refractivity contribution in [1.82, 2.24) is 4.90 Å². The van der Waals surface area contributed by atoms with Crippen LogP contribution in [0.4, 0.5) is 0 Å². The van der Waals surface area contributed by atoms with Gasteiger partial charge in [0.25, 0.3) is 0 Å². The third-order valence-corrected chi connectivity index (χ3v) is 5.25. The summed E-state index contributed by atoms with van der Waals surface area (Å²) in [5.41, 5.74) is -1.43. The van der Waals surface area contributed by atoms with Crippen molar-refractivity contribution < 1.29 is 24.2 Å². The number of aliphatic hydroxyl groups is 1. The minimum Gasteiger partial charge on any atom is -0.493 e. The average Bonchev–Trinajstić information content (AvgIpc) is 2.89. The lowest BCUT2D eigenvalue weighted by atomic mass is 9.53. The Kier molecular flexibility index (Phi) is 1.45. The van der Waals surface area contributed by atoms with E-state index >= 15 is 0 Å². The first-order valence-corrected chi connectivity index (χ1v) is 7.37. The molecule has 5 rings (SSSR count). The van der Waals surface area contributed by atoms with Crippen LogP contribution in [0.15, 0.2) is 24.2 Å². The predicted octanol–water partition coefficient (Wildman–Crippen LogP) is 1.50. The van der Waals surface area contributed by atoms with Gasteiger partial charge in [-0.05, 0) is 38.0 Å². The fourth-order valence-corrected chi connectivity index (χ4v) is 4.26. The smallest absolute Gasteiger partial charge is 0.165 e. The van der Waals surface area contributed by atoms with Crippen molar-refractivity contribution in [3.05, 3.63) is 35.4 Å². The first-order valence-electron chi connectivity index (χ1n) is 10.9. The third-order valence-electron chi connectivity index (χ3n) is 5.25. The number of piperidine rings is 1. The second-order valence-corrected chi connectivity index (χ2v) is 6.17. The molecule has 1 spiro atoms. The van der Waals surface area contributed by atoms with E-state index in [4.69, 9.17) is 17.7 Å². The van der Waals surface area contributed by atoms with Crippen molar-refractivity contribution in [3.63, 3.8) is 0 Å². The van der Waals surface area contributed by atoms with E-state index in [-0.39, 0.29) is 35.6 Å². The Morgan fingerprint density at radius 2 is 2.41 bits per heavy atom. The van der Waals surface area contributed by atoms with Crippen LogP contribution in [0, 0.1) is 5.92 Å². The molecule has 1 aromatic carbocycles. The molecule has 2 bridgehead atoms. The van der Waals surface area contributed by atoms with Crippen LogP contribution in [0.2, 0.25) is 0 Å². The molecule has 2 unspecified atom stereocenters. The zero-order valence-electron chi connectivity index (χ0n) is 19.4. The monoisotopic (exact) mass is 306 g/mol. The van der Waals surface area contributed by atoms with Gasteiger partial charge >= 0.3 is 0 Å². The summed E-state index contributed by atoms with van der Waals surface area (Å²) in [4.78, 5) is 1.55. The normalized spacial score (nSPS) is 58.0. The van der Waals surface area contributed by atoms with E-state index in [1.54, 1.807) is 11.9 Å². The summed E-state index contributed by atoms with van der Waals surface area (Å²) in [6, 6.07) is -2.75. The molecule has 2 aliphatic carbocycles. The third kappa shape index (κ3) is 1.28. The number of hydrogen-bond acceptors (Lipinski definition) is 4. The first kappa shape index (κ1) is 7.84. The highest BCUT2D eigenvalue weighted by Crippen LogP contribution is 2.62. The lowest BCUT2D eigenvalue weighted by Gasteiger charge is -2.56. The van der Waals surface area contributed by atoms with E-state index < -0.39 is 48.0 Å². The Bertz CT molecular complexity index is 998. The highest BCUT2D eigenvalue weighted by atomic mass is 16.5. The molecule has 22 heavy (non-hydrogen) atoms. The minimum atomic E-state index is -2.48. The molecule has 0 radical (unpaired) electrons. The molecule has 0 aromatic heterocycles. The number of likely N-dealkylation sites (N-methyl/N-ethyl adjacent to an activating group) is 1. The Morgan fingerprint density at radius 1 is 1.55 bits per heavy atom. The maximum absolute atomic E-state index is 10.9. The summed E-state index contributed by atoms with van der Waals surface area (Å²) in [5, 5.41) is 10.9. The molecule has 2 heterocycles. The van der Waals surface area contributed by atoms with Gasteiger partial charge in [0.05, 0.1) is 12.6 Å². The van der Waals surface area contributed by atoms with Crippen molar-refractivity contribution >= 4 is 0 Å². The van der Waals surface area contributed by atoms with Crippen molar-refractivity contribution in [2.75, 3.05) is 20.7 Å². The number of methoxy groups -OCH3 is 1. The Labute approximate surface area is 140 Å². The molecule has 1 fully saturated rings. The Morgan fingerprint density at radius 3 is 3.23 bits per heavy atom. The van der Waals surface area contributed by atoms with E-state index in [1.807, 2.05) is 0 Å². The van der Waals surface area contributed by atoms with E-state index in [0.29, 0.717) is 0 Å².